The lowest BCUT2D eigenvalue weighted by atomic mass is 10.0. The summed E-state index contributed by atoms with van der Waals surface area (Å²) in [6, 6.07) is 17.7. The van der Waals surface area contributed by atoms with Gasteiger partial charge in [0.2, 0.25) is 0 Å². The number of aliphatic carboxylic acids is 1. The number of carbonyl (C=O) groups is 1. The fourth-order valence-electron chi connectivity index (χ4n) is 3.99. The fraction of sp³-hybridized carbons (Fsp3) is 0.167. The second kappa shape index (κ2) is 8.27. The Morgan fingerprint density at radius 1 is 1.00 bits per heavy atom. The maximum absolute atomic E-state index is 13.3. The largest absolute Gasteiger partial charge is 0.480 e. The van der Waals surface area contributed by atoms with Crippen LogP contribution in [0.3, 0.4) is 0 Å². The van der Waals surface area contributed by atoms with Crippen LogP contribution in [0.25, 0.3) is 27.9 Å². The molecular formula is C24H20N6O3. The van der Waals surface area contributed by atoms with Crippen LogP contribution >= 0.6 is 0 Å². The Labute approximate surface area is 188 Å². The molecule has 0 aliphatic carbocycles. The summed E-state index contributed by atoms with van der Waals surface area (Å²) >= 11 is 0. The van der Waals surface area contributed by atoms with Crippen LogP contribution in [0.4, 0.5) is 0 Å². The molecule has 0 fully saturated rings. The van der Waals surface area contributed by atoms with Crippen molar-refractivity contribution >= 4 is 22.8 Å². The molecule has 0 spiro atoms. The molecule has 1 unspecified atom stereocenters. The van der Waals surface area contributed by atoms with Crippen molar-refractivity contribution in [2.75, 3.05) is 0 Å². The molecular weight excluding hydrogens is 420 g/mol. The third-order valence-electron chi connectivity index (χ3n) is 5.62. The molecule has 0 radical (unpaired) electrons. The smallest absolute Gasteiger partial charge is 0.327 e. The van der Waals surface area contributed by atoms with Gasteiger partial charge in [-0.3, -0.25) is 9.36 Å². The number of hydrogen-bond donors (Lipinski definition) is 1. The van der Waals surface area contributed by atoms with E-state index < -0.39 is 17.6 Å². The van der Waals surface area contributed by atoms with Crippen molar-refractivity contribution in [2.24, 2.45) is 0 Å². The number of aromatic nitrogens is 6. The average molecular weight is 440 g/mol. The van der Waals surface area contributed by atoms with Crippen LogP contribution in [0.5, 0.6) is 0 Å². The monoisotopic (exact) mass is 440 g/mol. The van der Waals surface area contributed by atoms with Crippen LogP contribution in [0.15, 0.2) is 71.8 Å². The van der Waals surface area contributed by atoms with Gasteiger partial charge in [0, 0.05) is 6.42 Å². The summed E-state index contributed by atoms with van der Waals surface area (Å²) in [5.41, 5.74) is 3.51. The molecule has 5 aromatic rings. The van der Waals surface area contributed by atoms with E-state index in [0.29, 0.717) is 12.1 Å². The minimum Gasteiger partial charge on any atom is -0.480 e. The lowest BCUT2D eigenvalue weighted by Crippen LogP contribution is -2.32. The van der Waals surface area contributed by atoms with Gasteiger partial charge in [-0.2, -0.15) is 9.61 Å². The number of fused-ring (bicyclic) bond motifs is 3. The summed E-state index contributed by atoms with van der Waals surface area (Å²) in [6.07, 6.45) is 2.05. The third-order valence-corrected chi connectivity index (χ3v) is 5.62. The Morgan fingerprint density at radius 3 is 2.36 bits per heavy atom. The van der Waals surface area contributed by atoms with Crippen LogP contribution in [-0.4, -0.2) is 40.4 Å². The zero-order chi connectivity index (χ0) is 22.9. The summed E-state index contributed by atoms with van der Waals surface area (Å²) in [5, 5.41) is 22.9. The van der Waals surface area contributed by atoms with Crippen molar-refractivity contribution in [3.8, 4) is 11.1 Å². The first kappa shape index (κ1) is 20.5. The first-order valence-electron chi connectivity index (χ1n) is 10.6. The van der Waals surface area contributed by atoms with Crippen LogP contribution in [0.2, 0.25) is 0 Å². The quantitative estimate of drug-likeness (QED) is 0.432. The molecule has 5 rings (SSSR count). The van der Waals surface area contributed by atoms with Gasteiger partial charge in [-0.25, -0.2) is 9.78 Å². The second-order valence-electron chi connectivity index (χ2n) is 7.65. The Balaban J connectivity index is 1.68. The number of carboxylic acid groups (broad SMARTS) is 1. The van der Waals surface area contributed by atoms with Gasteiger partial charge >= 0.3 is 5.97 Å². The number of nitrogens with zero attached hydrogens (tertiary/aromatic N) is 6. The molecule has 3 aromatic heterocycles. The summed E-state index contributed by atoms with van der Waals surface area (Å²) < 4.78 is 2.61. The molecule has 3 heterocycles. The van der Waals surface area contributed by atoms with Crippen molar-refractivity contribution < 1.29 is 9.90 Å². The van der Waals surface area contributed by atoms with E-state index in [0.717, 1.165) is 27.0 Å². The SMILES string of the molecule is CCc1nn2c(nnc3c(=O)n(C(Cc4ccccc4)C(=O)O)cnc32)c1-c1ccccc1. The van der Waals surface area contributed by atoms with E-state index in [4.69, 9.17) is 0 Å². The molecule has 0 saturated heterocycles. The highest BCUT2D eigenvalue weighted by molar-refractivity contribution is 5.83. The Hall–Kier alpha value is -4.40. The van der Waals surface area contributed by atoms with Gasteiger partial charge in [0.25, 0.3) is 5.56 Å². The van der Waals surface area contributed by atoms with E-state index in [-0.39, 0.29) is 17.6 Å². The first-order valence-corrected chi connectivity index (χ1v) is 10.6. The molecule has 1 atom stereocenters. The molecule has 33 heavy (non-hydrogen) atoms. The number of aryl methyl sites for hydroxylation is 1. The zero-order valence-corrected chi connectivity index (χ0v) is 17.8. The van der Waals surface area contributed by atoms with Gasteiger partial charge in [0.05, 0.1) is 11.3 Å². The van der Waals surface area contributed by atoms with Crippen LogP contribution in [0, 0.1) is 0 Å². The standard InChI is InChI=1S/C24H20N6O3/c1-2-17-19(16-11-7-4-8-12-16)21-27-26-20-22(30(21)28-17)25-14-29(23(20)31)18(24(32)33)13-15-9-5-3-6-10-15/h3-12,14,18H,2,13H2,1H3,(H,32,33). The molecule has 9 heteroatoms. The number of hydrogen-bond acceptors (Lipinski definition) is 6. The van der Waals surface area contributed by atoms with Crippen LogP contribution in [-0.2, 0) is 17.6 Å². The Morgan fingerprint density at radius 2 is 1.70 bits per heavy atom. The maximum Gasteiger partial charge on any atom is 0.327 e. The molecule has 1 N–H and O–H groups in total. The van der Waals surface area contributed by atoms with E-state index in [9.17, 15) is 14.7 Å². The van der Waals surface area contributed by atoms with Gasteiger partial charge in [0.15, 0.2) is 16.8 Å². The summed E-state index contributed by atoms with van der Waals surface area (Å²) in [4.78, 5) is 29.7. The second-order valence-corrected chi connectivity index (χ2v) is 7.65. The third kappa shape index (κ3) is 3.53. The van der Waals surface area contributed by atoms with Gasteiger partial charge in [0.1, 0.15) is 12.4 Å². The lowest BCUT2D eigenvalue weighted by molar-refractivity contribution is -0.141. The molecule has 0 saturated carbocycles. The number of benzene rings is 2. The van der Waals surface area contributed by atoms with Gasteiger partial charge in [-0.15, -0.1) is 10.2 Å². The maximum atomic E-state index is 13.3. The van der Waals surface area contributed by atoms with E-state index in [1.807, 2.05) is 67.6 Å². The van der Waals surface area contributed by atoms with Crippen molar-refractivity contribution in [1.29, 1.82) is 0 Å². The van der Waals surface area contributed by atoms with Crippen molar-refractivity contribution in [1.82, 2.24) is 29.4 Å². The van der Waals surface area contributed by atoms with Gasteiger partial charge in [-0.1, -0.05) is 67.6 Å². The molecule has 9 nitrogen and oxygen atoms in total. The first-order chi connectivity index (χ1) is 16.1. The molecule has 0 bridgehead atoms. The highest BCUT2D eigenvalue weighted by atomic mass is 16.4. The van der Waals surface area contributed by atoms with Crippen molar-refractivity contribution in [2.45, 2.75) is 25.8 Å². The fourth-order valence-corrected chi connectivity index (χ4v) is 3.99. The van der Waals surface area contributed by atoms with Crippen molar-refractivity contribution in [3.63, 3.8) is 0 Å². The molecule has 164 valence electrons. The van der Waals surface area contributed by atoms with Gasteiger partial charge in [-0.05, 0) is 17.5 Å². The minimum atomic E-state index is -1.13. The van der Waals surface area contributed by atoms with Gasteiger partial charge < -0.3 is 5.11 Å². The normalized spacial score (nSPS) is 12.3. The lowest BCUT2D eigenvalue weighted by Gasteiger charge is -2.15. The summed E-state index contributed by atoms with van der Waals surface area (Å²) in [5.74, 6) is -1.13. The molecule has 0 aliphatic rings. The van der Waals surface area contributed by atoms with Crippen molar-refractivity contribution in [3.05, 3.63) is 88.6 Å². The molecule has 2 aromatic carbocycles. The Kier molecular flexibility index (Phi) is 5.14. The van der Waals surface area contributed by atoms with E-state index in [2.05, 4.69) is 20.3 Å². The predicted octanol–water partition coefficient (Wildman–Crippen LogP) is 2.93. The highest BCUT2D eigenvalue weighted by Gasteiger charge is 2.25. The average Bonchev–Trinajstić information content (AvgIpc) is 3.23. The predicted molar refractivity (Wildman–Crippen MR) is 122 cm³/mol. The van der Waals surface area contributed by atoms with E-state index in [1.165, 1.54) is 10.8 Å². The molecule has 0 amide bonds. The highest BCUT2D eigenvalue weighted by Crippen LogP contribution is 2.28. The van der Waals surface area contributed by atoms with Crippen LogP contribution < -0.4 is 5.56 Å². The topological polar surface area (TPSA) is 115 Å². The van der Waals surface area contributed by atoms with Crippen LogP contribution in [0.1, 0.15) is 24.2 Å². The number of rotatable bonds is 6. The number of carboxylic acids is 1. The van der Waals surface area contributed by atoms with E-state index >= 15 is 0 Å². The summed E-state index contributed by atoms with van der Waals surface area (Å²) in [6.45, 7) is 1.99. The van der Waals surface area contributed by atoms with E-state index in [1.54, 1.807) is 0 Å². The molecule has 0 aliphatic heterocycles. The summed E-state index contributed by atoms with van der Waals surface area (Å²) in [7, 11) is 0. The Bertz CT molecular complexity index is 1530. The minimum absolute atomic E-state index is 0.0333. The zero-order valence-electron chi connectivity index (χ0n) is 17.8.